The molecule has 3 aromatic rings. The number of benzene rings is 3. The molecule has 1 aliphatic carbocycles. The number of nitrogens with zero attached hydrogens (tertiary/aromatic N) is 2. The van der Waals surface area contributed by atoms with E-state index in [-0.39, 0.29) is 12.6 Å². The van der Waals surface area contributed by atoms with Crippen LogP contribution in [0.4, 0.5) is 14.9 Å². The van der Waals surface area contributed by atoms with E-state index in [4.69, 9.17) is 4.74 Å². The fourth-order valence-corrected chi connectivity index (χ4v) is 5.99. The average molecular weight is 601 g/mol. The van der Waals surface area contributed by atoms with Crippen molar-refractivity contribution in [1.82, 2.24) is 10.2 Å². The summed E-state index contributed by atoms with van der Waals surface area (Å²) in [6.45, 7) is 4.08. The predicted molar refractivity (Wildman–Crippen MR) is 167 cm³/mol. The van der Waals surface area contributed by atoms with Crippen molar-refractivity contribution >= 4 is 29.7 Å². The number of ether oxygens (including phenoxy) is 1. The molecule has 3 N–H and O–H groups in total. The number of nitrogens with one attached hydrogen (secondary N) is 2. The van der Waals surface area contributed by atoms with E-state index in [1.165, 1.54) is 20.2 Å². The number of carbonyl (C=O) groups excluding carboxylic acids is 3. The molecule has 1 saturated carbocycles. The molecular formula is C34H37FN4O5. The molecule has 44 heavy (non-hydrogen) atoms. The Morgan fingerprint density at radius 3 is 2.45 bits per heavy atom. The molecule has 3 atom stereocenters. The molecule has 10 heteroatoms. The highest BCUT2D eigenvalue weighted by Gasteiger charge is 2.34. The van der Waals surface area contributed by atoms with Crippen molar-refractivity contribution in [1.29, 1.82) is 0 Å². The molecule has 3 aromatic carbocycles. The zero-order valence-electron chi connectivity index (χ0n) is 25.3. The van der Waals surface area contributed by atoms with Gasteiger partial charge in [0.25, 0.3) is 0 Å². The van der Waals surface area contributed by atoms with E-state index in [1.54, 1.807) is 6.07 Å². The van der Waals surface area contributed by atoms with Crippen LogP contribution in [-0.4, -0.2) is 60.4 Å². The summed E-state index contributed by atoms with van der Waals surface area (Å²) in [6.07, 6.45) is 4.27. The summed E-state index contributed by atoms with van der Waals surface area (Å²) in [5.41, 5.74) is 5.87. The van der Waals surface area contributed by atoms with Crippen LogP contribution >= 0.6 is 0 Å². The molecule has 9 nitrogen and oxygen atoms in total. The molecule has 1 unspecified atom stereocenters. The van der Waals surface area contributed by atoms with Crippen LogP contribution in [-0.2, 0) is 16.1 Å². The first-order valence-electron chi connectivity index (χ1n) is 14.7. The number of hydrogen-bond acceptors (Lipinski definition) is 6. The molecule has 1 fully saturated rings. The van der Waals surface area contributed by atoms with E-state index in [1.807, 2.05) is 50.2 Å². The lowest BCUT2D eigenvalue weighted by Gasteiger charge is -2.28. The lowest BCUT2D eigenvalue weighted by atomic mass is 9.89. The molecule has 2 aliphatic rings. The number of aliphatic hydroxyl groups excluding tert-OH is 1. The SMILES string of the molecule is COc1cc(-c2cccc(-c3cccc(NC(=O)C4C=NC(=O)N(C)C4=O)c3C)c2C)cc(F)c1CN[C@@H]1CCCC[C@@H]1O. The zero-order valence-corrected chi connectivity index (χ0v) is 25.3. The summed E-state index contributed by atoms with van der Waals surface area (Å²) in [7, 11) is 2.81. The Bertz CT molecular complexity index is 1640. The van der Waals surface area contributed by atoms with Crippen LogP contribution in [0.3, 0.4) is 0 Å². The van der Waals surface area contributed by atoms with Gasteiger partial charge in [-0.1, -0.05) is 43.2 Å². The summed E-state index contributed by atoms with van der Waals surface area (Å²) in [5.74, 6) is -2.40. The van der Waals surface area contributed by atoms with Crippen molar-refractivity contribution in [2.24, 2.45) is 10.9 Å². The third kappa shape index (κ3) is 6.13. The van der Waals surface area contributed by atoms with Crippen molar-refractivity contribution in [3.05, 3.63) is 71.0 Å². The summed E-state index contributed by atoms with van der Waals surface area (Å²) in [5, 5.41) is 16.4. The number of methoxy groups -OCH3 is 1. The second-order valence-electron chi connectivity index (χ2n) is 11.4. The fourth-order valence-electron chi connectivity index (χ4n) is 5.99. The van der Waals surface area contributed by atoms with Gasteiger partial charge in [0.1, 0.15) is 11.6 Å². The van der Waals surface area contributed by atoms with Crippen molar-refractivity contribution in [2.75, 3.05) is 19.5 Å². The minimum atomic E-state index is -1.21. The third-order valence-corrected chi connectivity index (χ3v) is 8.67. The van der Waals surface area contributed by atoms with Gasteiger partial charge >= 0.3 is 6.03 Å². The third-order valence-electron chi connectivity index (χ3n) is 8.67. The van der Waals surface area contributed by atoms with E-state index in [0.717, 1.165) is 64.6 Å². The lowest BCUT2D eigenvalue weighted by Crippen LogP contribution is -2.45. The molecule has 1 aliphatic heterocycles. The fraction of sp³-hybridized carbons (Fsp3) is 0.353. The lowest BCUT2D eigenvalue weighted by molar-refractivity contribution is -0.134. The van der Waals surface area contributed by atoms with Gasteiger partial charge in [0.15, 0.2) is 5.92 Å². The molecule has 0 spiro atoms. The molecule has 4 amide bonds. The van der Waals surface area contributed by atoms with Crippen LogP contribution in [0.1, 0.15) is 42.4 Å². The topological polar surface area (TPSA) is 120 Å². The summed E-state index contributed by atoms with van der Waals surface area (Å²) in [6, 6.07) is 13.8. The number of halogens is 1. The standard InChI is InChI=1S/C34H37FN4O5/c1-19-22(21-15-27(35)25(31(16-21)44-4)17-36-29-12-5-6-14-30(29)40)9-7-10-23(19)24-11-8-13-28(20(24)2)38-32(41)26-18-37-34(43)39(3)33(26)42/h7-11,13,15-16,18,26,29-30,36,40H,5-6,12,14,17H2,1-4H3,(H,38,41)/t26?,29-,30+/m1/s1. The van der Waals surface area contributed by atoms with Crippen LogP contribution in [0.5, 0.6) is 5.75 Å². The number of hydrogen-bond donors (Lipinski definition) is 3. The van der Waals surface area contributed by atoms with E-state index < -0.39 is 35.7 Å². The van der Waals surface area contributed by atoms with Crippen molar-refractivity contribution in [2.45, 2.75) is 58.2 Å². The van der Waals surface area contributed by atoms with Crippen molar-refractivity contribution < 1.29 is 28.6 Å². The van der Waals surface area contributed by atoms with Crippen molar-refractivity contribution in [3.8, 4) is 28.0 Å². The molecule has 0 bridgehead atoms. The molecule has 0 aromatic heterocycles. The van der Waals surface area contributed by atoms with Gasteiger partial charge in [-0.3, -0.25) is 14.5 Å². The minimum absolute atomic E-state index is 0.0722. The van der Waals surface area contributed by atoms with Crippen LogP contribution in [0, 0.1) is 25.6 Å². The summed E-state index contributed by atoms with van der Waals surface area (Å²) in [4.78, 5) is 41.6. The first-order chi connectivity index (χ1) is 21.1. The number of amides is 4. The van der Waals surface area contributed by atoms with Crippen LogP contribution in [0.25, 0.3) is 22.3 Å². The Kier molecular flexibility index (Phi) is 9.22. The van der Waals surface area contributed by atoms with Gasteiger partial charge in [0.2, 0.25) is 11.8 Å². The summed E-state index contributed by atoms with van der Waals surface area (Å²) < 4.78 is 21.2. The molecule has 230 valence electrons. The van der Waals surface area contributed by atoms with E-state index >= 15 is 4.39 Å². The number of carbonyl (C=O) groups is 3. The number of aliphatic hydroxyl groups is 1. The van der Waals surface area contributed by atoms with E-state index in [2.05, 4.69) is 15.6 Å². The zero-order chi connectivity index (χ0) is 31.5. The highest BCUT2D eigenvalue weighted by Crippen LogP contribution is 2.38. The van der Waals surface area contributed by atoms with Gasteiger partial charge in [-0.15, -0.1) is 0 Å². The van der Waals surface area contributed by atoms with E-state index in [0.29, 0.717) is 22.6 Å². The van der Waals surface area contributed by atoms with Gasteiger partial charge in [-0.25, -0.2) is 14.2 Å². The molecule has 5 rings (SSSR count). The Morgan fingerprint density at radius 2 is 1.73 bits per heavy atom. The quantitative estimate of drug-likeness (QED) is 0.298. The second-order valence-corrected chi connectivity index (χ2v) is 11.4. The highest BCUT2D eigenvalue weighted by atomic mass is 19.1. The highest BCUT2D eigenvalue weighted by molar-refractivity contribution is 6.23. The van der Waals surface area contributed by atoms with Crippen LogP contribution in [0.2, 0.25) is 0 Å². The second kappa shape index (κ2) is 13.1. The number of imide groups is 1. The summed E-state index contributed by atoms with van der Waals surface area (Å²) >= 11 is 0. The molecule has 0 radical (unpaired) electrons. The van der Waals surface area contributed by atoms with Gasteiger partial charge in [-0.2, -0.15) is 0 Å². The maximum Gasteiger partial charge on any atom is 0.349 e. The predicted octanol–water partition coefficient (Wildman–Crippen LogP) is 5.40. The number of anilines is 1. The van der Waals surface area contributed by atoms with Crippen LogP contribution in [0.15, 0.2) is 53.5 Å². The maximum absolute atomic E-state index is 15.6. The number of urea groups is 1. The monoisotopic (exact) mass is 600 g/mol. The maximum atomic E-state index is 15.6. The molecule has 0 saturated heterocycles. The van der Waals surface area contributed by atoms with Crippen molar-refractivity contribution in [3.63, 3.8) is 0 Å². The van der Waals surface area contributed by atoms with Crippen LogP contribution < -0.4 is 15.4 Å². The first kappa shape index (κ1) is 31.0. The Balaban J connectivity index is 1.42. The smallest absolute Gasteiger partial charge is 0.349 e. The molecule has 1 heterocycles. The molecular weight excluding hydrogens is 563 g/mol. The Hall–Kier alpha value is -4.41. The number of aliphatic imine (C=N–C) groups is 1. The van der Waals surface area contributed by atoms with Gasteiger partial charge in [0.05, 0.1) is 13.2 Å². The first-order valence-corrected chi connectivity index (χ1v) is 14.7. The largest absolute Gasteiger partial charge is 0.496 e. The minimum Gasteiger partial charge on any atom is -0.496 e. The van der Waals surface area contributed by atoms with Gasteiger partial charge < -0.3 is 20.5 Å². The average Bonchev–Trinajstić information content (AvgIpc) is 3.01. The van der Waals surface area contributed by atoms with E-state index in [9.17, 15) is 19.5 Å². The normalized spacial score (nSPS) is 20.1. The Labute approximate surface area is 256 Å². The number of rotatable bonds is 8. The Morgan fingerprint density at radius 1 is 1.05 bits per heavy atom. The van der Waals surface area contributed by atoms with Gasteiger partial charge in [-0.05, 0) is 78.3 Å². The van der Waals surface area contributed by atoms with Gasteiger partial charge in [0, 0.05) is 37.1 Å².